The van der Waals surface area contributed by atoms with Crippen LogP contribution in [0.4, 0.5) is 8.63 Å². The molecule has 3 heterocycles. The first-order valence-corrected chi connectivity index (χ1v) is 10.9. The molecule has 0 amide bonds. The number of benzene rings is 1. The third kappa shape index (κ3) is 4.04. The molecule has 168 valence electrons. The van der Waals surface area contributed by atoms with E-state index in [0.717, 1.165) is 21.0 Å². The second-order valence-electron chi connectivity index (χ2n) is 7.58. The van der Waals surface area contributed by atoms with Gasteiger partial charge in [0.2, 0.25) is 0 Å². The molecular formula is C21H20BF2N2O5S-. The molecule has 0 radical (unpaired) electrons. The van der Waals surface area contributed by atoms with E-state index in [0.29, 0.717) is 46.0 Å². The van der Waals surface area contributed by atoms with Crippen molar-refractivity contribution in [3.8, 4) is 0 Å². The number of aryl methyl sites for hydroxylation is 2. The van der Waals surface area contributed by atoms with Crippen molar-refractivity contribution in [3.63, 3.8) is 0 Å². The molecule has 0 spiro atoms. The number of aliphatic carboxylic acids is 1. The Balaban J connectivity index is 1.83. The molecule has 32 heavy (non-hydrogen) atoms. The van der Waals surface area contributed by atoms with Crippen molar-refractivity contribution < 1.29 is 37.6 Å². The van der Waals surface area contributed by atoms with Crippen molar-refractivity contribution in [2.75, 3.05) is 5.75 Å². The molecule has 0 aliphatic carbocycles. The van der Waals surface area contributed by atoms with Crippen LogP contribution in [0.3, 0.4) is 0 Å². The third-order valence-electron chi connectivity index (χ3n) is 5.61. The lowest BCUT2D eigenvalue weighted by Crippen LogP contribution is -2.51. The highest BCUT2D eigenvalue weighted by molar-refractivity contribution is 7.94. The molecule has 0 bridgehead atoms. The summed E-state index contributed by atoms with van der Waals surface area (Å²) in [5.74, 6) is -0.700. The summed E-state index contributed by atoms with van der Waals surface area (Å²) in [6.07, 6.45) is 3.60. The fourth-order valence-electron chi connectivity index (χ4n) is 4.29. The van der Waals surface area contributed by atoms with E-state index in [2.05, 4.69) is 9.37 Å². The highest BCUT2D eigenvalue weighted by atomic mass is 32.2. The van der Waals surface area contributed by atoms with E-state index in [9.17, 15) is 10.1 Å². The van der Waals surface area contributed by atoms with E-state index in [1.807, 2.05) is 6.07 Å². The number of hydrogen-bond acceptors (Lipinski definition) is 5. The number of carbonyl (C=O) groups is 1. The van der Waals surface area contributed by atoms with Crippen molar-refractivity contribution in [1.29, 1.82) is 0 Å². The van der Waals surface area contributed by atoms with Crippen LogP contribution in [0.5, 0.6) is 0 Å². The van der Waals surface area contributed by atoms with Crippen LogP contribution in [0.25, 0.3) is 6.08 Å². The van der Waals surface area contributed by atoms with Crippen LogP contribution in [0.2, 0.25) is 0 Å². The third-order valence-corrected chi connectivity index (χ3v) is 6.13. The van der Waals surface area contributed by atoms with Gasteiger partial charge in [0, 0.05) is 46.8 Å². The number of nitrogens with zero attached hydrogens (tertiary/aromatic N) is 2. The fraction of sp³-hybridized carbons (Fsp3) is 0.238. The molecule has 0 saturated carbocycles. The Hall–Kier alpha value is -2.73. The van der Waals surface area contributed by atoms with Crippen molar-refractivity contribution in [1.82, 2.24) is 4.48 Å². The molecule has 1 aromatic heterocycles. The van der Waals surface area contributed by atoms with Gasteiger partial charge in [0.15, 0.2) is 11.4 Å². The maximum absolute atomic E-state index is 16.1. The van der Waals surface area contributed by atoms with Gasteiger partial charge in [0.05, 0.1) is 6.42 Å². The van der Waals surface area contributed by atoms with Crippen LogP contribution in [0, 0.1) is 6.92 Å². The molecule has 0 saturated heterocycles. The Kier molecular flexibility index (Phi) is 6.34. The molecule has 0 atom stereocenters. The Morgan fingerprint density at radius 2 is 2.00 bits per heavy atom. The number of fused-ring (bicyclic) bond motifs is 2. The molecule has 2 aliphatic rings. The quantitative estimate of drug-likeness (QED) is 0.203. The van der Waals surface area contributed by atoms with Crippen LogP contribution >= 0.6 is 12.0 Å². The normalized spacial score (nSPS) is 16.5. The van der Waals surface area contributed by atoms with Gasteiger partial charge in [-0.1, -0.05) is 18.2 Å². The number of aromatic nitrogens is 1. The van der Waals surface area contributed by atoms with Gasteiger partial charge in [0.1, 0.15) is 0 Å². The molecule has 2 aromatic rings. The zero-order valence-corrected chi connectivity index (χ0v) is 18.0. The molecule has 0 fully saturated rings. The Morgan fingerprint density at radius 1 is 1.25 bits per heavy atom. The van der Waals surface area contributed by atoms with E-state index in [-0.39, 0.29) is 18.5 Å². The van der Waals surface area contributed by atoms with Crippen LogP contribution in [-0.4, -0.2) is 38.5 Å². The summed E-state index contributed by atoms with van der Waals surface area (Å²) < 4.78 is 38.6. The molecular weight excluding hydrogens is 441 g/mol. The van der Waals surface area contributed by atoms with Gasteiger partial charge in [-0.25, -0.2) is 0 Å². The van der Waals surface area contributed by atoms with Gasteiger partial charge >= 0.3 is 12.9 Å². The summed E-state index contributed by atoms with van der Waals surface area (Å²) in [7, 11) is 0. The highest BCUT2D eigenvalue weighted by Gasteiger charge is 2.54. The van der Waals surface area contributed by atoms with E-state index in [4.69, 9.17) is 5.11 Å². The Bertz CT molecular complexity index is 1140. The number of rotatable bonds is 9. The average Bonchev–Trinajstić information content (AvgIpc) is 3.30. The highest BCUT2D eigenvalue weighted by Crippen LogP contribution is 2.39. The second-order valence-corrected chi connectivity index (χ2v) is 8.36. The maximum atomic E-state index is 16.1. The first-order valence-electron chi connectivity index (χ1n) is 10.0. The van der Waals surface area contributed by atoms with Crippen molar-refractivity contribution in [3.05, 3.63) is 76.3 Å². The van der Waals surface area contributed by atoms with Crippen LogP contribution in [0.1, 0.15) is 35.4 Å². The summed E-state index contributed by atoms with van der Waals surface area (Å²) >= 11 is 0.805. The molecule has 1 aromatic carbocycles. The first-order chi connectivity index (χ1) is 15.3. The number of carboxylic acids is 1. The van der Waals surface area contributed by atoms with Gasteiger partial charge in [-0.15, -0.1) is 0 Å². The first kappa shape index (κ1) is 22.5. The lowest BCUT2D eigenvalue weighted by molar-refractivity contribution is -0.777. The monoisotopic (exact) mass is 461 g/mol. The van der Waals surface area contributed by atoms with Crippen LogP contribution in [0.15, 0.2) is 53.7 Å². The minimum atomic E-state index is -4.28. The van der Waals surface area contributed by atoms with E-state index < -0.39 is 12.9 Å². The molecule has 0 unspecified atom stereocenters. The summed E-state index contributed by atoms with van der Waals surface area (Å²) in [6, 6.07) is 10.5. The molecule has 2 aliphatic heterocycles. The number of halogens is 2. The predicted octanol–water partition coefficient (Wildman–Crippen LogP) is 3.09. The Labute approximate surface area is 187 Å². The molecule has 4 rings (SSSR count). The summed E-state index contributed by atoms with van der Waals surface area (Å²) in [4.78, 5) is 11.1. The number of carboxylic acid groups (broad SMARTS) is 1. The topological polar surface area (TPSA) is 86.8 Å². The Morgan fingerprint density at radius 3 is 2.69 bits per heavy atom. The smallest absolute Gasteiger partial charge is 0.691 e. The summed E-state index contributed by atoms with van der Waals surface area (Å²) in [5, 5.41) is 22.4. The minimum absolute atomic E-state index is 0.00859. The fourth-order valence-corrected chi connectivity index (χ4v) is 4.70. The van der Waals surface area contributed by atoms with Gasteiger partial charge in [-0.05, 0) is 49.2 Å². The SMILES string of the molecule is Cc1cc(CCC(=O)O)n2c1C=C1C(CCSOO[O-])=CC(c3ccccc3)=[N+]1[B-]2(F)F. The van der Waals surface area contributed by atoms with Crippen molar-refractivity contribution in [2.24, 2.45) is 0 Å². The summed E-state index contributed by atoms with van der Waals surface area (Å²) in [5.41, 5.74) is 3.39. The van der Waals surface area contributed by atoms with Gasteiger partial charge in [-0.3, -0.25) is 9.83 Å². The van der Waals surface area contributed by atoms with Crippen LogP contribution < -0.4 is 5.26 Å². The molecule has 11 heteroatoms. The standard InChI is InChI=1S/C21H21BF2N2O5S/c1-14-11-17(7-8-21(27)28)25-18(14)13-20-16(9-10-32-31-30-29)12-19(26(20)22(25,23)24)15-5-3-2-4-6-15/h2-6,11-13,29H,7-10H2,1H3,(H,27,28)/p-1. The number of allylic oxidation sites excluding steroid dienone is 2. The van der Waals surface area contributed by atoms with Crippen molar-refractivity contribution >= 4 is 36.8 Å². The lowest BCUT2D eigenvalue weighted by atomic mass is 9.88. The second kappa shape index (κ2) is 9.03. The van der Waals surface area contributed by atoms with Gasteiger partial charge in [0.25, 0.3) is 0 Å². The largest absolute Gasteiger partial charge is 0.737 e. The molecule has 1 N–H and O–H groups in total. The lowest BCUT2D eigenvalue weighted by Gasteiger charge is -2.31. The minimum Gasteiger partial charge on any atom is -0.691 e. The maximum Gasteiger partial charge on any atom is 0.737 e. The molecule has 7 nitrogen and oxygen atoms in total. The summed E-state index contributed by atoms with van der Waals surface area (Å²) in [6.45, 7) is -2.54. The van der Waals surface area contributed by atoms with E-state index >= 15 is 8.63 Å². The van der Waals surface area contributed by atoms with Gasteiger partial charge in [-0.2, -0.15) is 4.33 Å². The zero-order valence-electron chi connectivity index (χ0n) is 17.2. The van der Waals surface area contributed by atoms with Gasteiger partial charge < -0.3 is 28.0 Å². The number of hydrogen-bond donors (Lipinski definition) is 1. The average molecular weight is 461 g/mol. The van der Waals surface area contributed by atoms with Crippen LogP contribution in [-0.2, 0) is 20.6 Å². The van der Waals surface area contributed by atoms with Crippen molar-refractivity contribution in [2.45, 2.75) is 26.2 Å². The predicted molar refractivity (Wildman–Crippen MR) is 115 cm³/mol. The zero-order chi connectivity index (χ0) is 22.9. The van der Waals surface area contributed by atoms with E-state index in [1.54, 1.807) is 49.4 Å². The van der Waals surface area contributed by atoms with E-state index in [1.165, 1.54) is 0 Å².